The number of anilines is 4. The number of rotatable bonds is 12. The van der Waals surface area contributed by atoms with Gasteiger partial charge in [-0.3, -0.25) is 19.8 Å². The smallest absolute Gasteiger partial charge is 0.293 e. The molecule has 3 aliphatic heterocycles. The van der Waals surface area contributed by atoms with Gasteiger partial charge in [-0.15, -0.1) is 0 Å². The number of carbonyl (C=O) groups excluding carboxylic acids is 1. The average molecular weight is 910 g/mol. The van der Waals surface area contributed by atoms with Gasteiger partial charge in [0.05, 0.1) is 39.5 Å². The standard InChI is InChI=1S/C46H52ClN9O7S/c1-46(2)14-11-32(37(26-46)31-3-5-33(47)6-4-31)28-53-15-17-54(18-16-53)34-7-9-36(40(23-34)55-19-22-63-45-42(55)25-39-43(51-45)50-29-49-39)44(57)52-64(60,61)35-8-10-38(41(24-35)56(58)59)48-27-30-12-20-62-21-13-30/h3-10,23-25,29-30,48H,11-22,26-28H2,1-2H3,(H,52,57)(H,49,50,51). The number of aromatic amines is 1. The molecule has 0 radical (unpaired) electrons. The van der Waals surface area contributed by atoms with Crippen LogP contribution in [0.5, 0.6) is 5.88 Å². The maximum absolute atomic E-state index is 14.3. The molecule has 0 spiro atoms. The molecule has 5 aromatic rings. The van der Waals surface area contributed by atoms with Crippen LogP contribution >= 0.6 is 11.6 Å². The summed E-state index contributed by atoms with van der Waals surface area (Å²) in [6.45, 7) is 11.0. The summed E-state index contributed by atoms with van der Waals surface area (Å²) in [6.07, 6.45) is 6.38. The average Bonchev–Trinajstić information content (AvgIpc) is 3.76. The topological polar surface area (TPSA) is 188 Å². The van der Waals surface area contributed by atoms with Crippen molar-refractivity contribution in [2.75, 3.05) is 80.8 Å². The molecule has 3 N–H and O–H groups in total. The third-order valence-electron chi connectivity index (χ3n) is 12.9. The molecule has 336 valence electrons. The molecule has 2 saturated heterocycles. The first-order valence-corrected chi connectivity index (χ1v) is 23.7. The fraction of sp³-hybridized carbons (Fsp3) is 0.413. The fourth-order valence-corrected chi connectivity index (χ4v) is 10.3. The molecular weight excluding hydrogens is 858 g/mol. The molecule has 0 saturated carbocycles. The molecular formula is C46H52ClN9O7S. The Morgan fingerprint density at radius 2 is 1.77 bits per heavy atom. The monoisotopic (exact) mass is 909 g/mol. The number of amides is 1. The number of piperazine rings is 1. The molecule has 18 heteroatoms. The molecule has 4 aliphatic rings. The van der Waals surface area contributed by atoms with Gasteiger partial charge in [0.15, 0.2) is 5.65 Å². The summed E-state index contributed by atoms with van der Waals surface area (Å²) in [5.41, 5.74) is 7.28. The van der Waals surface area contributed by atoms with Gasteiger partial charge in [0.2, 0.25) is 5.88 Å². The number of sulfonamides is 1. The number of H-pyrrole nitrogens is 1. The molecule has 5 heterocycles. The van der Waals surface area contributed by atoms with Crippen molar-refractivity contribution in [3.63, 3.8) is 0 Å². The number of benzene rings is 3. The zero-order chi connectivity index (χ0) is 44.6. The molecule has 2 fully saturated rings. The normalized spacial score (nSPS) is 18.4. The maximum Gasteiger partial charge on any atom is 0.293 e. The SMILES string of the molecule is CC1(C)CCC(CN2CCN(c3ccc(C(=O)NS(=O)(=O)c4ccc(NCC5CCOCC5)c([N+](=O)[O-])c4)c(N4CCOc5nc6nc[nH]c6cc54)c3)CC2)=C(c2ccc(Cl)cc2)C1. The van der Waals surface area contributed by atoms with Crippen molar-refractivity contribution in [2.45, 2.75) is 50.8 Å². The number of nitrogens with one attached hydrogen (secondary N) is 3. The van der Waals surface area contributed by atoms with Crippen molar-refractivity contribution in [3.05, 3.63) is 105 Å². The van der Waals surface area contributed by atoms with E-state index in [1.165, 1.54) is 28.8 Å². The van der Waals surface area contributed by atoms with Gasteiger partial charge in [-0.25, -0.2) is 18.1 Å². The molecule has 9 rings (SSSR count). The van der Waals surface area contributed by atoms with Gasteiger partial charge >= 0.3 is 0 Å². The number of halogens is 1. The Morgan fingerprint density at radius 3 is 2.53 bits per heavy atom. The van der Waals surface area contributed by atoms with Gasteiger partial charge in [0, 0.05) is 69.3 Å². The van der Waals surface area contributed by atoms with Crippen molar-refractivity contribution in [2.24, 2.45) is 11.3 Å². The summed E-state index contributed by atoms with van der Waals surface area (Å²) in [5.74, 6) is -0.284. The Balaban J connectivity index is 0.975. The quantitative estimate of drug-likeness (QED) is 0.0814. The lowest BCUT2D eigenvalue weighted by Gasteiger charge is -2.39. The number of pyridine rings is 1. The van der Waals surface area contributed by atoms with Crippen LogP contribution in [0.25, 0.3) is 16.7 Å². The van der Waals surface area contributed by atoms with Gasteiger partial charge < -0.3 is 29.6 Å². The molecule has 0 unspecified atom stereocenters. The lowest BCUT2D eigenvalue weighted by atomic mass is 9.72. The van der Waals surface area contributed by atoms with Crippen LogP contribution in [-0.2, 0) is 14.8 Å². The molecule has 1 aliphatic carbocycles. The number of aromatic nitrogens is 3. The van der Waals surface area contributed by atoms with E-state index in [4.69, 9.17) is 21.1 Å². The number of fused-ring (bicyclic) bond motifs is 2. The van der Waals surface area contributed by atoms with Crippen molar-refractivity contribution >= 4 is 72.7 Å². The highest BCUT2D eigenvalue weighted by Gasteiger charge is 2.32. The van der Waals surface area contributed by atoms with Crippen LogP contribution in [0, 0.1) is 21.4 Å². The van der Waals surface area contributed by atoms with E-state index in [1.54, 1.807) is 12.4 Å². The summed E-state index contributed by atoms with van der Waals surface area (Å²) >= 11 is 6.26. The first-order valence-electron chi connectivity index (χ1n) is 21.8. The second-order valence-corrected chi connectivity index (χ2v) is 19.9. The lowest BCUT2D eigenvalue weighted by Crippen LogP contribution is -2.47. The minimum atomic E-state index is -4.57. The predicted octanol–water partition coefficient (Wildman–Crippen LogP) is 7.79. The zero-order valence-electron chi connectivity index (χ0n) is 35.9. The highest BCUT2D eigenvalue weighted by Crippen LogP contribution is 2.44. The number of imidazole rings is 1. The van der Waals surface area contributed by atoms with Gasteiger partial charge in [-0.1, -0.05) is 43.2 Å². The number of ether oxygens (including phenoxy) is 2. The Bertz CT molecular complexity index is 2710. The van der Waals surface area contributed by atoms with Crippen LogP contribution in [0.15, 0.2) is 83.5 Å². The summed E-state index contributed by atoms with van der Waals surface area (Å²) in [7, 11) is -4.57. The number of nitrogens with zero attached hydrogens (tertiary/aromatic N) is 6. The number of hydrogen-bond donors (Lipinski definition) is 3. The predicted molar refractivity (Wildman–Crippen MR) is 247 cm³/mol. The number of hydrogen-bond acceptors (Lipinski definition) is 13. The molecule has 2 aromatic heterocycles. The summed E-state index contributed by atoms with van der Waals surface area (Å²) in [6, 6.07) is 19.1. The van der Waals surface area contributed by atoms with E-state index in [1.807, 2.05) is 35.2 Å². The van der Waals surface area contributed by atoms with Crippen molar-refractivity contribution in [1.82, 2.24) is 24.6 Å². The van der Waals surface area contributed by atoms with E-state index in [0.717, 1.165) is 81.6 Å². The molecule has 64 heavy (non-hydrogen) atoms. The second-order valence-electron chi connectivity index (χ2n) is 17.8. The minimum Gasteiger partial charge on any atom is -0.474 e. The summed E-state index contributed by atoms with van der Waals surface area (Å²) < 4.78 is 41.3. The van der Waals surface area contributed by atoms with E-state index >= 15 is 0 Å². The van der Waals surface area contributed by atoms with Gasteiger partial charge in [0.25, 0.3) is 21.6 Å². The highest BCUT2D eigenvalue weighted by molar-refractivity contribution is 7.90. The molecule has 0 atom stereocenters. The number of nitro benzene ring substituents is 1. The zero-order valence-corrected chi connectivity index (χ0v) is 37.5. The van der Waals surface area contributed by atoms with Gasteiger partial charge in [-0.05, 0) is 103 Å². The maximum atomic E-state index is 14.3. The second kappa shape index (κ2) is 18.0. The van der Waals surface area contributed by atoms with Crippen LogP contribution in [0.4, 0.5) is 28.4 Å². The van der Waals surface area contributed by atoms with Crippen molar-refractivity contribution in [1.29, 1.82) is 0 Å². The number of carbonyl (C=O) groups is 1. The highest BCUT2D eigenvalue weighted by atomic mass is 35.5. The Kier molecular flexibility index (Phi) is 12.3. The number of nitro groups is 1. The first-order chi connectivity index (χ1) is 30.8. The largest absolute Gasteiger partial charge is 0.474 e. The molecule has 1 amide bonds. The van der Waals surface area contributed by atoms with E-state index in [-0.39, 0.29) is 29.2 Å². The van der Waals surface area contributed by atoms with Crippen LogP contribution in [0.1, 0.15) is 61.9 Å². The Morgan fingerprint density at radius 1 is 0.984 bits per heavy atom. The van der Waals surface area contributed by atoms with Crippen LogP contribution in [0.2, 0.25) is 5.02 Å². The van der Waals surface area contributed by atoms with Crippen LogP contribution < -0.4 is 24.6 Å². The van der Waals surface area contributed by atoms with E-state index in [0.29, 0.717) is 54.7 Å². The molecule has 0 bridgehead atoms. The van der Waals surface area contributed by atoms with Gasteiger partial charge in [0.1, 0.15) is 18.0 Å². The lowest BCUT2D eigenvalue weighted by molar-refractivity contribution is -0.384. The first kappa shape index (κ1) is 43.5. The summed E-state index contributed by atoms with van der Waals surface area (Å²) in [4.78, 5) is 44.1. The summed E-state index contributed by atoms with van der Waals surface area (Å²) in [5, 5.41) is 16.0. The Hall–Kier alpha value is -5.75. The van der Waals surface area contributed by atoms with Crippen LogP contribution in [-0.4, -0.2) is 105 Å². The van der Waals surface area contributed by atoms with Crippen molar-refractivity contribution < 1.29 is 27.6 Å². The number of allylic oxidation sites excluding steroid dienone is 1. The minimum absolute atomic E-state index is 0.0923. The van der Waals surface area contributed by atoms with E-state index in [2.05, 4.69) is 60.8 Å². The molecule has 3 aromatic carbocycles. The van der Waals surface area contributed by atoms with E-state index < -0.39 is 31.4 Å². The van der Waals surface area contributed by atoms with Gasteiger partial charge in [-0.2, -0.15) is 4.98 Å². The third-order valence-corrected chi connectivity index (χ3v) is 14.5. The Labute approximate surface area is 377 Å². The van der Waals surface area contributed by atoms with E-state index in [9.17, 15) is 23.3 Å². The van der Waals surface area contributed by atoms with Crippen LogP contribution in [0.3, 0.4) is 0 Å². The van der Waals surface area contributed by atoms with Crippen molar-refractivity contribution in [3.8, 4) is 5.88 Å². The third kappa shape index (κ3) is 9.39. The fourth-order valence-electron chi connectivity index (χ4n) is 9.20. The molecule has 16 nitrogen and oxygen atoms in total.